The molecule has 1 aliphatic heterocycles. The molecule has 0 unspecified atom stereocenters. The Balaban J connectivity index is 1.88. The van der Waals surface area contributed by atoms with Crippen molar-refractivity contribution in [3.8, 4) is 5.82 Å². The highest BCUT2D eigenvalue weighted by Crippen LogP contribution is 2.18. The van der Waals surface area contributed by atoms with Crippen LogP contribution in [0.2, 0.25) is 0 Å². The van der Waals surface area contributed by atoms with Gasteiger partial charge in [-0.05, 0) is 0 Å². The monoisotopic (exact) mass is 247 g/mol. The molecule has 0 atom stereocenters. The van der Waals surface area contributed by atoms with Crippen molar-refractivity contribution >= 4 is 17.6 Å². The molecule has 0 bridgehead atoms. The second-order valence-electron chi connectivity index (χ2n) is 3.80. The minimum absolute atomic E-state index is 0.866. The standard InChI is InChI=1S/C11H13N5S/c1-2-16(9-12-1)11-7-10(13-8-14-11)15-3-5-17-6-4-15/h1-2,7-9H,3-6H2. The van der Waals surface area contributed by atoms with Gasteiger partial charge in [0.1, 0.15) is 24.3 Å². The lowest BCUT2D eigenvalue weighted by Crippen LogP contribution is -2.33. The van der Waals surface area contributed by atoms with Crippen LogP contribution in [0.15, 0.2) is 31.1 Å². The van der Waals surface area contributed by atoms with Gasteiger partial charge in [0.15, 0.2) is 0 Å². The maximum absolute atomic E-state index is 4.34. The van der Waals surface area contributed by atoms with E-state index in [0.717, 1.165) is 24.7 Å². The molecule has 5 nitrogen and oxygen atoms in total. The second kappa shape index (κ2) is 4.75. The number of thioether (sulfide) groups is 1. The Morgan fingerprint density at radius 2 is 1.94 bits per heavy atom. The van der Waals surface area contributed by atoms with Gasteiger partial charge in [-0.3, -0.25) is 4.57 Å². The molecule has 3 rings (SSSR count). The molecule has 6 heteroatoms. The zero-order valence-electron chi connectivity index (χ0n) is 9.36. The lowest BCUT2D eigenvalue weighted by molar-refractivity contribution is 0.829. The molecule has 0 aliphatic carbocycles. The van der Waals surface area contributed by atoms with Gasteiger partial charge >= 0.3 is 0 Å². The highest BCUT2D eigenvalue weighted by Gasteiger charge is 2.13. The van der Waals surface area contributed by atoms with Gasteiger partial charge in [-0.25, -0.2) is 15.0 Å². The molecule has 1 saturated heterocycles. The minimum Gasteiger partial charge on any atom is -0.355 e. The molecule has 0 amide bonds. The molecule has 0 N–H and O–H groups in total. The van der Waals surface area contributed by atoms with Gasteiger partial charge in [0.2, 0.25) is 0 Å². The van der Waals surface area contributed by atoms with Crippen LogP contribution in [-0.2, 0) is 0 Å². The third-order valence-electron chi connectivity index (χ3n) is 2.74. The van der Waals surface area contributed by atoms with Crippen LogP contribution in [0.25, 0.3) is 5.82 Å². The Hall–Kier alpha value is -1.56. The van der Waals surface area contributed by atoms with Crippen molar-refractivity contribution in [3.63, 3.8) is 0 Å². The summed E-state index contributed by atoms with van der Waals surface area (Å²) in [7, 11) is 0. The van der Waals surface area contributed by atoms with E-state index in [9.17, 15) is 0 Å². The summed E-state index contributed by atoms with van der Waals surface area (Å²) >= 11 is 2.00. The van der Waals surface area contributed by atoms with Crippen molar-refractivity contribution in [1.29, 1.82) is 0 Å². The van der Waals surface area contributed by atoms with Crippen LogP contribution in [0, 0.1) is 0 Å². The van der Waals surface area contributed by atoms with Gasteiger partial charge in [-0.1, -0.05) is 0 Å². The van der Waals surface area contributed by atoms with Gasteiger partial charge in [0.25, 0.3) is 0 Å². The Morgan fingerprint density at radius 3 is 2.71 bits per heavy atom. The molecule has 0 aromatic carbocycles. The van der Waals surface area contributed by atoms with Crippen molar-refractivity contribution < 1.29 is 0 Å². The van der Waals surface area contributed by atoms with E-state index < -0.39 is 0 Å². The summed E-state index contributed by atoms with van der Waals surface area (Å²) in [6, 6.07) is 2.01. The molecule has 0 saturated carbocycles. The average molecular weight is 247 g/mol. The average Bonchev–Trinajstić information content (AvgIpc) is 2.94. The van der Waals surface area contributed by atoms with E-state index in [1.165, 1.54) is 11.5 Å². The topological polar surface area (TPSA) is 46.8 Å². The molecule has 17 heavy (non-hydrogen) atoms. The number of hydrogen-bond acceptors (Lipinski definition) is 5. The largest absolute Gasteiger partial charge is 0.355 e. The Morgan fingerprint density at radius 1 is 1.12 bits per heavy atom. The van der Waals surface area contributed by atoms with Crippen molar-refractivity contribution in [1.82, 2.24) is 19.5 Å². The van der Waals surface area contributed by atoms with Crippen LogP contribution < -0.4 is 4.90 Å². The fraction of sp³-hybridized carbons (Fsp3) is 0.364. The summed E-state index contributed by atoms with van der Waals surface area (Å²) in [5, 5.41) is 0. The second-order valence-corrected chi connectivity index (χ2v) is 5.03. The highest BCUT2D eigenvalue weighted by molar-refractivity contribution is 7.99. The number of rotatable bonds is 2. The van der Waals surface area contributed by atoms with E-state index in [-0.39, 0.29) is 0 Å². The van der Waals surface area contributed by atoms with E-state index in [0.29, 0.717) is 0 Å². The number of imidazole rings is 1. The maximum Gasteiger partial charge on any atom is 0.143 e. The predicted octanol–water partition coefficient (Wildman–Crippen LogP) is 1.22. The Bertz CT molecular complexity index is 478. The summed E-state index contributed by atoms with van der Waals surface area (Å²) in [6.07, 6.45) is 7.00. The predicted molar refractivity (Wildman–Crippen MR) is 68.7 cm³/mol. The Kier molecular flexibility index (Phi) is 2.96. The third-order valence-corrected chi connectivity index (χ3v) is 3.68. The van der Waals surface area contributed by atoms with E-state index in [2.05, 4.69) is 19.9 Å². The van der Waals surface area contributed by atoms with Crippen molar-refractivity contribution in [2.45, 2.75) is 0 Å². The zero-order valence-corrected chi connectivity index (χ0v) is 10.2. The summed E-state index contributed by atoms with van der Waals surface area (Å²) in [5.41, 5.74) is 0. The fourth-order valence-electron chi connectivity index (χ4n) is 1.84. The van der Waals surface area contributed by atoms with Crippen LogP contribution in [0.1, 0.15) is 0 Å². The molecule has 3 heterocycles. The minimum atomic E-state index is 0.866. The first-order chi connectivity index (χ1) is 8.43. The number of aromatic nitrogens is 4. The first-order valence-electron chi connectivity index (χ1n) is 5.56. The van der Waals surface area contributed by atoms with E-state index in [4.69, 9.17) is 0 Å². The molecule has 88 valence electrons. The van der Waals surface area contributed by atoms with Gasteiger partial charge in [-0.2, -0.15) is 11.8 Å². The van der Waals surface area contributed by atoms with Crippen molar-refractivity contribution in [2.24, 2.45) is 0 Å². The first-order valence-corrected chi connectivity index (χ1v) is 6.72. The van der Waals surface area contributed by atoms with E-state index in [1.54, 1.807) is 18.9 Å². The van der Waals surface area contributed by atoms with Crippen LogP contribution in [0.5, 0.6) is 0 Å². The lowest BCUT2D eigenvalue weighted by Gasteiger charge is -2.27. The van der Waals surface area contributed by atoms with Crippen LogP contribution >= 0.6 is 11.8 Å². The van der Waals surface area contributed by atoms with Crippen LogP contribution in [0.3, 0.4) is 0 Å². The van der Waals surface area contributed by atoms with Gasteiger partial charge in [0, 0.05) is 43.1 Å². The molecule has 2 aromatic rings. The van der Waals surface area contributed by atoms with E-state index in [1.807, 2.05) is 28.6 Å². The smallest absolute Gasteiger partial charge is 0.143 e. The summed E-state index contributed by atoms with van der Waals surface area (Å²) in [6.45, 7) is 2.12. The number of nitrogens with zero attached hydrogens (tertiary/aromatic N) is 5. The number of hydrogen-bond donors (Lipinski definition) is 0. The molecule has 1 aliphatic rings. The molecule has 2 aromatic heterocycles. The number of anilines is 1. The first kappa shape index (κ1) is 10.6. The van der Waals surface area contributed by atoms with Crippen molar-refractivity contribution in [3.05, 3.63) is 31.1 Å². The van der Waals surface area contributed by atoms with Gasteiger partial charge in [-0.15, -0.1) is 0 Å². The quantitative estimate of drug-likeness (QED) is 0.798. The SMILES string of the molecule is c1cn(-c2cc(N3CCSCC3)ncn2)cn1. The fourth-order valence-corrected chi connectivity index (χ4v) is 2.74. The summed E-state index contributed by atoms with van der Waals surface area (Å²) in [4.78, 5) is 14.9. The van der Waals surface area contributed by atoms with E-state index >= 15 is 0 Å². The molecule has 1 fully saturated rings. The molecule has 0 spiro atoms. The lowest BCUT2D eigenvalue weighted by atomic mass is 10.4. The zero-order chi connectivity index (χ0) is 11.5. The Labute approximate surface area is 104 Å². The van der Waals surface area contributed by atoms with Crippen LogP contribution in [-0.4, -0.2) is 44.1 Å². The van der Waals surface area contributed by atoms with Crippen LogP contribution in [0.4, 0.5) is 5.82 Å². The van der Waals surface area contributed by atoms with Gasteiger partial charge in [0.05, 0.1) is 0 Å². The maximum atomic E-state index is 4.34. The highest BCUT2D eigenvalue weighted by atomic mass is 32.2. The summed E-state index contributed by atoms with van der Waals surface area (Å²) in [5.74, 6) is 4.21. The normalized spacial score (nSPS) is 16.1. The van der Waals surface area contributed by atoms with Crippen molar-refractivity contribution in [2.75, 3.05) is 29.5 Å². The van der Waals surface area contributed by atoms with Gasteiger partial charge < -0.3 is 4.90 Å². The molecular formula is C11H13N5S. The third kappa shape index (κ3) is 2.26. The molecular weight excluding hydrogens is 234 g/mol. The summed E-state index contributed by atoms with van der Waals surface area (Å²) < 4.78 is 1.89. The molecule has 0 radical (unpaired) electrons.